The quantitative estimate of drug-likeness (QED) is 0.726. The van der Waals surface area contributed by atoms with E-state index >= 15 is 0 Å². The lowest BCUT2D eigenvalue weighted by atomic mass is 10.1. The average Bonchev–Trinajstić information content (AvgIpc) is 2.43. The smallest absolute Gasteiger partial charge is 0.410 e. The van der Waals surface area contributed by atoms with Crippen molar-refractivity contribution < 1.29 is 19.1 Å². The van der Waals surface area contributed by atoms with Crippen molar-refractivity contribution in [3.05, 3.63) is 0 Å². The highest BCUT2D eigenvalue weighted by atomic mass is 16.6. The summed E-state index contributed by atoms with van der Waals surface area (Å²) in [6, 6.07) is -0.407. The number of carbonyl (C=O) groups is 2. The molecule has 0 aromatic rings. The Morgan fingerprint density at radius 1 is 1.22 bits per heavy atom. The van der Waals surface area contributed by atoms with Gasteiger partial charge >= 0.3 is 12.1 Å². The molecular formula is C17H32N2O4. The van der Waals surface area contributed by atoms with Gasteiger partial charge in [0.1, 0.15) is 11.6 Å². The molecule has 1 fully saturated rings. The number of carbonyl (C=O) groups excluding carboxylic acids is 2. The second kappa shape index (κ2) is 8.52. The third kappa shape index (κ3) is 6.77. The van der Waals surface area contributed by atoms with Gasteiger partial charge in [0.15, 0.2) is 0 Å². The first-order valence-electron chi connectivity index (χ1n) is 8.52. The lowest BCUT2D eigenvalue weighted by Gasteiger charge is -2.40. The highest BCUT2D eigenvalue weighted by Gasteiger charge is 2.36. The molecule has 1 aliphatic rings. The molecule has 0 unspecified atom stereocenters. The maximum atomic E-state index is 12.3. The lowest BCUT2D eigenvalue weighted by Crippen LogP contribution is -2.58. The number of rotatable bonds is 5. The number of piperazine rings is 1. The normalized spacial score (nSPS) is 19.8. The maximum Gasteiger partial charge on any atom is 0.410 e. The van der Waals surface area contributed by atoms with E-state index in [-0.39, 0.29) is 12.1 Å². The molecule has 0 aromatic heterocycles. The van der Waals surface area contributed by atoms with Crippen LogP contribution < -0.4 is 0 Å². The molecule has 0 saturated carbocycles. The zero-order valence-corrected chi connectivity index (χ0v) is 15.4. The van der Waals surface area contributed by atoms with Crippen LogP contribution >= 0.6 is 0 Å². The lowest BCUT2D eigenvalue weighted by molar-refractivity contribution is -0.152. The predicted molar refractivity (Wildman–Crippen MR) is 89.3 cm³/mol. The Hall–Kier alpha value is -1.30. The minimum atomic E-state index is -0.536. The average molecular weight is 328 g/mol. The van der Waals surface area contributed by atoms with Crippen LogP contribution in [0.5, 0.6) is 0 Å². The first-order chi connectivity index (χ1) is 10.6. The van der Waals surface area contributed by atoms with Crippen LogP contribution in [0.1, 0.15) is 48.0 Å². The summed E-state index contributed by atoms with van der Waals surface area (Å²) < 4.78 is 10.6. The van der Waals surface area contributed by atoms with Crippen molar-refractivity contribution in [1.29, 1.82) is 0 Å². The molecule has 1 rings (SSSR count). The van der Waals surface area contributed by atoms with Crippen LogP contribution in [-0.4, -0.2) is 66.3 Å². The highest BCUT2D eigenvalue weighted by molar-refractivity contribution is 5.78. The second-order valence-corrected chi connectivity index (χ2v) is 7.41. The van der Waals surface area contributed by atoms with Crippen molar-refractivity contribution in [2.24, 2.45) is 5.92 Å². The fourth-order valence-corrected chi connectivity index (χ4v) is 2.47. The summed E-state index contributed by atoms with van der Waals surface area (Å²) in [6.45, 7) is 14.4. The van der Waals surface area contributed by atoms with Crippen LogP contribution in [0.4, 0.5) is 4.79 Å². The molecule has 1 aliphatic heterocycles. The summed E-state index contributed by atoms with van der Waals surface area (Å²) in [7, 11) is 0. The van der Waals surface area contributed by atoms with Crippen LogP contribution in [0.3, 0.4) is 0 Å². The summed E-state index contributed by atoms with van der Waals surface area (Å²) in [5, 5.41) is 0. The Labute approximate surface area is 140 Å². The number of hydrogen-bond donors (Lipinski definition) is 0. The molecule has 1 saturated heterocycles. The van der Waals surface area contributed by atoms with Crippen molar-refractivity contribution >= 4 is 12.1 Å². The summed E-state index contributed by atoms with van der Waals surface area (Å²) in [4.78, 5) is 28.2. The van der Waals surface area contributed by atoms with Crippen molar-refractivity contribution in [3.63, 3.8) is 0 Å². The number of esters is 1. The Bertz CT molecular complexity index is 404. The Morgan fingerprint density at radius 2 is 1.87 bits per heavy atom. The third-order valence-corrected chi connectivity index (χ3v) is 3.70. The summed E-state index contributed by atoms with van der Waals surface area (Å²) in [5.41, 5.74) is -0.536. The summed E-state index contributed by atoms with van der Waals surface area (Å²) in [6.07, 6.45) is 0.651. The standard InChI is InChI=1S/C17H32N2O4/c1-7-22-15(20)14-12-19(16(21)23-17(4,5)6)11-10-18(14)9-8-13(2)3/h13-14H,7-12H2,1-6H3/t14-/m1/s1. The van der Waals surface area contributed by atoms with E-state index in [1.807, 2.05) is 20.8 Å². The van der Waals surface area contributed by atoms with Gasteiger partial charge in [-0.25, -0.2) is 4.79 Å². The molecule has 0 N–H and O–H groups in total. The molecule has 0 spiro atoms. The molecule has 6 heteroatoms. The molecule has 6 nitrogen and oxygen atoms in total. The minimum absolute atomic E-state index is 0.260. The Balaban J connectivity index is 2.73. The van der Waals surface area contributed by atoms with Crippen LogP contribution in [0, 0.1) is 5.92 Å². The van der Waals surface area contributed by atoms with Crippen molar-refractivity contribution in [3.8, 4) is 0 Å². The topological polar surface area (TPSA) is 59.1 Å². The minimum Gasteiger partial charge on any atom is -0.465 e. The van der Waals surface area contributed by atoms with E-state index in [4.69, 9.17) is 9.47 Å². The SMILES string of the molecule is CCOC(=O)[C@H]1CN(C(=O)OC(C)(C)C)CCN1CCC(C)C. The van der Waals surface area contributed by atoms with Crippen molar-refractivity contribution in [2.75, 3.05) is 32.8 Å². The fraction of sp³-hybridized carbons (Fsp3) is 0.882. The van der Waals surface area contributed by atoms with Gasteiger partial charge in [0.25, 0.3) is 0 Å². The molecule has 1 atom stereocenters. The Kier molecular flexibility index (Phi) is 7.32. The molecule has 23 heavy (non-hydrogen) atoms. The van der Waals surface area contributed by atoms with E-state index in [1.165, 1.54) is 0 Å². The van der Waals surface area contributed by atoms with Crippen molar-refractivity contribution in [2.45, 2.75) is 59.6 Å². The zero-order chi connectivity index (χ0) is 17.6. The maximum absolute atomic E-state index is 12.3. The number of hydrogen-bond acceptors (Lipinski definition) is 5. The van der Waals surface area contributed by atoms with E-state index in [2.05, 4.69) is 18.7 Å². The number of ether oxygens (including phenoxy) is 2. The van der Waals surface area contributed by atoms with Gasteiger partial charge in [0.2, 0.25) is 0 Å². The van der Waals surface area contributed by atoms with Crippen LogP contribution in [0.2, 0.25) is 0 Å². The molecule has 0 bridgehead atoms. The first kappa shape index (κ1) is 19.7. The second-order valence-electron chi connectivity index (χ2n) is 7.41. The molecule has 1 heterocycles. The van der Waals surface area contributed by atoms with Gasteiger partial charge in [-0.1, -0.05) is 13.8 Å². The van der Waals surface area contributed by atoms with E-state index in [9.17, 15) is 9.59 Å². The molecule has 0 radical (unpaired) electrons. The number of amides is 1. The molecular weight excluding hydrogens is 296 g/mol. The van der Waals surface area contributed by atoms with E-state index in [0.717, 1.165) is 13.0 Å². The van der Waals surface area contributed by atoms with E-state index in [1.54, 1.807) is 11.8 Å². The molecule has 1 amide bonds. The van der Waals surface area contributed by atoms with E-state index in [0.29, 0.717) is 32.2 Å². The molecule has 0 aliphatic carbocycles. The van der Waals surface area contributed by atoms with Gasteiger partial charge in [-0.15, -0.1) is 0 Å². The monoisotopic (exact) mass is 328 g/mol. The highest BCUT2D eigenvalue weighted by Crippen LogP contribution is 2.17. The summed E-state index contributed by atoms with van der Waals surface area (Å²) >= 11 is 0. The number of nitrogens with zero attached hydrogens (tertiary/aromatic N) is 2. The van der Waals surface area contributed by atoms with Crippen LogP contribution in [0.25, 0.3) is 0 Å². The Morgan fingerprint density at radius 3 is 2.39 bits per heavy atom. The zero-order valence-electron chi connectivity index (χ0n) is 15.4. The van der Waals surface area contributed by atoms with Gasteiger partial charge in [-0.05, 0) is 46.6 Å². The molecule has 134 valence electrons. The van der Waals surface area contributed by atoms with Gasteiger partial charge in [-0.2, -0.15) is 0 Å². The largest absolute Gasteiger partial charge is 0.465 e. The van der Waals surface area contributed by atoms with E-state index < -0.39 is 11.6 Å². The van der Waals surface area contributed by atoms with Crippen LogP contribution in [0.15, 0.2) is 0 Å². The summed E-state index contributed by atoms with van der Waals surface area (Å²) in [5.74, 6) is 0.311. The fourth-order valence-electron chi connectivity index (χ4n) is 2.47. The van der Waals surface area contributed by atoms with Gasteiger partial charge in [0, 0.05) is 13.1 Å². The third-order valence-electron chi connectivity index (χ3n) is 3.70. The first-order valence-corrected chi connectivity index (χ1v) is 8.52. The van der Waals surface area contributed by atoms with Crippen molar-refractivity contribution in [1.82, 2.24) is 9.80 Å². The van der Waals surface area contributed by atoms with Gasteiger partial charge < -0.3 is 14.4 Å². The van der Waals surface area contributed by atoms with Crippen LogP contribution in [-0.2, 0) is 14.3 Å². The predicted octanol–water partition coefficient (Wildman–Crippen LogP) is 2.52. The molecule has 0 aromatic carbocycles. The van der Waals surface area contributed by atoms with Gasteiger partial charge in [-0.3, -0.25) is 9.69 Å². The van der Waals surface area contributed by atoms with Gasteiger partial charge in [0.05, 0.1) is 13.2 Å².